The van der Waals surface area contributed by atoms with E-state index < -0.39 is 143 Å². The lowest BCUT2D eigenvalue weighted by Crippen LogP contribution is -2.61. The molecule has 596 valence electrons. The second-order valence-electron chi connectivity index (χ2n) is 30.1. The lowest BCUT2D eigenvalue weighted by atomic mass is 9.98. The zero-order chi connectivity index (χ0) is 78.3. The van der Waals surface area contributed by atoms with Crippen LogP contribution in [0.1, 0.15) is 237 Å². The molecule has 31 nitrogen and oxygen atoms in total. The third-order valence-corrected chi connectivity index (χ3v) is 17.2. The van der Waals surface area contributed by atoms with Crippen LogP contribution in [0.4, 0.5) is 0 Å². The Morgan fingerprint density at radius 1 is 0.223 bits per heavy atom. The summed E-state index contributed by atoms with van der Waals surface area (Å²) >= 11 is 0. The Labute approximate surface area is 614 Å². The highest BCUT2D eigenvalue weighted by Crippen LogP contribution is 2.17. The van der Waals surface area contributed by atoms with E-state index in [1.54, 1.807) is 0 Å². The Morgan fingerprint density at radius 3 is 0.534 bits per heavy atom. The summed E-state index contributed by atoms with van der Waals surface area (Å²) in [5.41, 5.74) is 41.2. The van der Waals surface area contributed by atoms with Gasteiger partial charge in [0.25, 0.3) is 0 Å². The predicted octanol–water partition coefficient (Wildman–Crippen LogP) is 0.782. The molecular formula is C72H140N18O13. The van der Waals surface area contributed by atoms with Gasteiger partial charge >= 0.3 is 5.97 Å². The van der Waals surface area contributed by atoms with Crippen LogP contribution in [0.15, 0.2) is 0 Å². The number of amides is 11. The molecule has 0 aliphatic heterocycles. The van der Waals surface area contributed by atoms with Gasteiger partial charge < -0.3 is 104 Å². The van der Waals surface area contributed by atoms with Crippen LogP contribution < -0.4 is 98.6 Å². The molecule has 0 aromatic carbocycles. The third-order valence-electron chi connectivity index (χ3n) is 17.2. The van der Waals surface area contributed by atoms with Crippen LogP contribution in [0.3, 0.4) is 0 Å². The Morgan fingerprint density at radius 2 is 0.369 bits per heavy atom. The van der Waals surface area contributed by atoms with Crippen molar-refractivity contribution in [1.29, 1.82) is 0 Å². The van der Waals surface area contributed by atoms with E-state index in [9.17, 15) is 62.6 Å². The Hall–Kier alpha value is -6.64. The van der Waals surface area contributed by atoms with Gasteiger partial charge in [-0.15, -0.1) is 0 Å². The summed E-state index contributed by atoms with van der Waals surface area (Å²) in [6, 6.07) is -14.3. The summed E-state index contributed by atoms with van der Waals surface area (Å²) in [5, 5.41) is 40.5. The number of unbranched alkanes of at least 4 members (excludes halogenated alkanes) is 6. The molecular weight excluding hydrogens is 1320 g/mol. The van der Waals surface area contributed by atoms with Crippen LogP contribution in [-0.4, -0.2) is 188 Å². The molecule has 0 heterocycles. The van der Waals surface area contributed by atoms with Gasteiger partial charge in [0, 0.05) is 0 Å². The quantitative estimate of drug-likeness (QED) is 0.0374. The van der Waals surface area contributed by atoms with Crippen LogP contribution in [0.5, 0.6) is 0 Å². The third kappa shape index (κ3) is 42.8. The molecule has 0 unspecified atom stereocenters. The lowest BCUT2D eigenvalue weighted by molar-refractivity contribution is -0.143. The maximum absolute atomic E-state index is 14.7. The minimum Gasteiger partial charge on any atom is -0.480 e. The Kier molecular flexibility index (Phi) is 51.4. The summed E-state index contributed by atoms with van der Waals surface area (Å²) in [7, 11) is 0. The van der Waals surface area contributed by atoms with Crippen LogP contribution in [0, 0.1) is 35.5 Å². The van der Waals surface area contributed by atoms with Crippen LogP contribution in [0.25, 0.3) is 0 Å². The highest BCUT2D eigenvalue weighted by Gasteiger charge is 2.38. The molecule has 0 aromatic heterocycles. The molecule has 103 heavy (non-hydrogen) atoms. The fourth-order valence-corrected chi connectivity index (χ4v) is 11.7. The van der Waals surface area contributed by atoms with Gasteiger partial charge in [-0.1, -0.05) is 83.1 Å². The summed E-state index contributed by atoms with van der Waals surface area (Å²) < 4.78 is 0. The number of aliphatic carboxylic acids is 1. The van der Waals surface area contributed by atoms with E-state index in [1.807, 2.05) is 83.1 Å². The molecule has 0 bridgehead atoms. The normalized spacial score (nSPS) is 15.1. The molecule has 0 saturated carbocycles. The van der Waals surface area contributed by atoms with Crippen LogP contribution in [0.2, 0.25) is 0 Å². The van der Waals surface area contributed by atoms with Crippen molar-refractivity contribution < 1.29 is 62.6 Å². The number of carboxylic acids is 1. The van der Waals surface area contributed by atoms with Crippen molar-refractivity contribution in [2.45, 2.75) is 310 Å². The fourth-order valence-electron chi connectivity index (χ4n) is 11.7. The number of rotatable bonds is 59. The van der Waals surface area contributed by atoms with Crippen molar-refractivity contribution in [1.82, 2.24) is 58.5 Å². The van der Waals surface area contributed by atoms with Gasteiger partial charge in [-0.05, 0) is 229 Å². The summed E-state index contributed by atoms with van der Waals surface area (Å²) in [6.07, 6.45) is 7.05. The number of carboxylic acid groups (broad SMARTS) is 1. The predicted molar refractivity (Wildman–Crippen MR) is 401 cm³/mol. The van der Waals surface area contributed by atoms with Crippen LogP contribution >= 0.6 is 0 Å². The molecule has 31 heteroatoms. The minimum atomic E-state index is -1.28. The van der Waals surface area contributed by atoms with Crippen molar-refractivity contribution in [2.75, 3.05) is 39.3 Å². The molecule has 0 fully saturated rings. The maximum Gasteiger partial charge on any atom is 0.326 e. The highest BCUT2D eigenvalue weighted by atomic mass is 16.4. The topological polar surface area (TPSA) is 540 Å². The maximum atomic E-state index is 14.7. The van der Waals surface area contributed by atoms with Crippen molar-refractivity contribution >= 4 is 70.9 Å². The molecule has 0 aliphatic carbocycles. The van der Waals surface area contributed by atoms with Crippen molar-refractivity contribution in [3.05, 3.63) is 0 Å². The first-order valence-electron chi connectivity index (χ1n) is 38.1. The Bertz CT molecular complexity index is 2530. The zero-order valence-corrected chi connectivity index (χ0v) is 64.5. The van der Waals surface area contributed by atoms with E-state index in [0.29, 0.717) is 103 Å². The lowest BCUT2D eigenvalue weighted by Gasteiger charge is -2.29. The number of hydrogen-bond acceptors (Lipinski definition) is 19. The second-order valence-corrected chi connectivity index (χ2v) is 30.1. The van der Waals surface area contributed by atoms with Gasteiger partial charge in [0.05, 0.1) is 6.04 Å². The highest BCUT2D eigenvalue weighted by molar-refractivity contribution is 5.99. The number of carbonyl (C=O) groups excluding carboxylic acids is 11. The second kappa shape index (κ2) is 54.9. The number of hydrogen-bond donors (Lipinski definition) is 19. The van der Waals surface area contributed by atoms with Crippen LogP contribution in [-0.2, 0) is 57.5 Å². The fraction of sp³-hybridized carbons (Fsp3) is 0.833. The molecule has 26 N–H and O–H groups in total. The van der Waals surface area contributed by atoms with Gasteiger partial charge in [-0.25, -0.2) is 4.79 Å². The zero-order valence-electron chi connectivity index (χ0n) is 64.5. The monoisotopic (exact) mass is 1470 g/mol. The molecule has 0 radical (unpaired) electrons. The summed E-state index contributed by atoms with van der Waals surface area (Å²) in [6.45, 7) is 24.0. The first kappa shape index (κ1) is 96.4. The first-order chi connectivity index (χ1) is 48.6. The van der Waals surface area contributed by atoms with E-state index in [0.717, 1.165) is 0 Å². The van der Waals surface area contributed by atoms with Gasteiger partial charge in [0.15, 0.2) is 0 Å². The van der Waals surface area contributed by atoms with Crippen molar-refractivity contribution in [3.63, 3.8) is 0 Å². The van der Waals surface area contributed by atoms with E-state index >= 15 is 0 Å². The summed E-state index contributed by atoms with van der Waals surface area (Å²) in [4.78, 5) is 170. The smallest absolute Gasteiger partial charge is 0.326 e. The van der Waals surface area contributed by atoms with Crippen molar-refractivity contribution in [2.24, 2.45) is 75.6 Å². The van der Waals surface area contributed by atoms with Gasteiger partial charge in [0.2, 0.25) is 65.0 Å². The van der Waals surface area contributed by atoms with E-state index in [1.165, 1.54) is 0 Å². The molecule has 11 amide bonds. The van der Waals surface area contributed by atoms with E-state index in [4.69, 9.17) is 40.1 Å². The largest absolute Gasteiger partial charge is 0.480 e. The molecule has 0 rings (SSSR count). The van der Waals surface area contributed by atoms with Gasteiger partial charge in [-0.3, -0.25) is 52.7 Å². The molecule has 0 saturated heterocycles. The average molecular weight is 1470 g/mol. The number of nitrogens with two attached hydrogens (primary N) is 7. The SMILES string of the molecule is CC(C)C[C@H](NC(=O)[C@H](CCCCN)NC(=O)[C@H](CCCCN)NC(=O)[C@H](CC(C)C)NC(=O)[C@H](CC(C)C)NC(=O)[C@H](CCCCN)NC(=O)[C@H](CCCCN)NC(=O)[C@H](CC(C)C)NC(=O)[C@H](CC(C)C)NC(=O)[C@H](CCCCN)NC(=O)[C@H](CCCCN)NC(=O)[C@@H](N)CC(C)C)C(=O)O. The van der Waals surface area contributed by atoms with Crippen molar-refractivity contribution in [3.8, 4) is 0 Å². The van der Waals surface area contributed by atoms with E-state index in [2.05, 4.69) is 58.5 Å². The van der Waals surface area contributed by atoms with E-state index in [-0.39, 0.29) is 126 Å². The van der Waals surface area contributed by atoms with Gasteiger partial charge in [-0.2, -0.15) is 0 Å². The molecule has 0 aliphatic rings. The minimum absolute atomic E-state index is 0.0551. The molecule has 12 atom stereocenters. The number of carbonyl (C=O) groups is 12. The average Bonchev–Trinajstić information content (AvgIpc) is 0.860. The first-order valence-corrected chi connectivity index (χ1v) is 38.1. The number of nitrogens with one attached hydrogen (secondary N) is 11. The summed E-state index contributed by atoms with van der Waals surface area (Å²) in [5.74, 6) is -9.59. The van der Waals surface area contributed by atoms with Gasteiger partial charge in [0.1, 0.15) is 66.5 Å². The molecule has 0 aromatic rings. The Balaban J connectivity index is 7.21. The molecule has 0 spiro atoms. The standard InChI is InChI=1S/C72H140N18O13/c1-43(2)37-49(79)61(91)80-50(25-13-19-31-73)62(92)81-53(28-16-22-34-76)65(95)86-58(40-46(7)8)70(100)88-56(38-44(3)4)68(98)84-51(26-14-20-32-74)63(93)82-54(29-17-23-35-77)66(96)87-59(41-47(9)10)71(101)89-57(39-45(5)6)69(99)85-52(27-15-21-33-75)64(94)83-55(30-18-24-36-78)67(97)90-60(72(102)103)42-48(11)12/h43-60H,13-42,73-79H2,1-12H3,(H,80,91)(H,81,92)(H,82,93)(H,83,94)(H,84,98)(H,85,99)(H,86,95)(H,87,96)(H,88,100)(H,89,101)(H,90,97)(H,102,103)/t49-,50-,51-,52-,53-,54-,55-,56-,57-,58-,59-,60-/m0/s1.